The van der Waals surface area contributed by atoms with E-state index in [1.54, 1.807) is 7.11 Å². The summed E-state index contributed by atoms with van der Waals surface area (Å²) >= 11 is 0. The molecule has 3 unspecified atom stereocenters. The van der Waals surface area contributed by atoms with Crippen molar-refractivity contribution in [1.29, 1.82) is 0 Å². The number of hydrogen-bond donors (Lipinski definition) is 1. The van der Waals surface area contributed by atoms with Gasteiger partial charge < -0.3 is 10.5 Å². The van der Waals surface area contributed by atoms with E-state index in [-0.39, 0.29) is 6.04 Å². The summed E-state index contributed by atoms with van der Waals surface area (Å²) in [5.74, 6) is 0.914. The highest BCUT2D eigenvalue weighted by Crippen LogP contribution is 2.33. The molecule has 0 aliphatic carbocycles. The molecule has 1 aliphatic heterocycles. The molecule has 0 bridgehead atoms. The van der Waals surface area contributed by atoms with E-state index in [0.29, 0.717) is 12.1 Å². The van der Waals surface area contributed by atoms with Gasteiger partial charge in [-0.05, 0) is 50.4 Å². The van der Waals surface area contributed by atoms with Crippen molar-refractivity contribution in [1.82, 2.24) is 4.90 Å². The minimum Gasteiger partial charge on any atom is -0.497 e. The fourth-order valence-electron chi connectivity index (χ4n) is 3.10. The summed E-state index contributed by atoms with van der Waals surface area (Å²) in [6.45, 7) is 5.62. The number of ether oxygens (including phenoxy) is 1. The Kier molecular flexibility index (Phi) is 4.83. The Hall–Kier alpha value is -1.06. The van der Waals surface area contributed by atoms with Crippen LogP contribution in [0.25, 0.3) is 0 Å². The minimum atomic E-state index is 0.174. The molecule has 1 aromatic carbocycles. The van der Waals surface area contributed by atoms with Crippen molar-refractivity contribution in [3.63, 3.8) is 0 Å². The van der Waals surface area contributed by atoms with Crippen LogP contribution in [0, 0.1) is 0 Å². The SMILES string of the molecule is CCC(N)C(c1cccc(OC)c1)N1CCCC1C. The van der Waals surface area contributed by atoms with Crippen molar-refractivity contribution >= 4 is 0 Å². The standard InChI is InChI=1S/C16H26N2O/c1-4-15(17)16(18-10-6-7-12(18)2)13-8-5-9-14(11-13)19-3/h5,8-9,11-12,15-16H,4,6-7,10,17H2,1-3H3. The van der Waals surface area contributed by atoms with Gasteiger partial charge in [-0.1, -0.05) is 19.1 Å². The molecule has 3 atom stereocenters. The predicted molar refractivity (Wildman–Crippen MR) is 79.4 cm³/mol. The van der Waals surface area contributed by atoms with Crippen molar-refractivity contribution in [2.75, 3.05) is 13.7 Å². The molecule has 19 heavy (non-hydrogen) atoms. The van der Waals surface area contributed by atoms with Crippen molar-refractivity contribution in [2.24, 2.45) is 5.73 Å². The third kappa shape index (κ3) is 3.10. The van der Waals surface area contributed by atoms with Gasteiger partial charge in [0.15, 0.2) is 0 Å². The predicted octanol–water partition coefficient (Wildman–Crippen LogP) is 2.96. The van der Waals surface area contributed by atoms with Crippen LogP contribution in [0.5, 0.6) is 5.75 Å². The lowest BCUT2D eigenvalue weighted by atomic mass is 9.95. The normalized spacial score (nSPS) is 23.3. The first kappa shape index (κ1) is 14.4. The highest BCUT2D eigenvalue weighted by Gasteiger charge is 2.32. The second-order valence-corrected chi connectivity index (χ2v) is 5.52. The number of rotatable bonds is 5. The van der Waals surface area contributed by atoms with E-state index in [0.717, 1.165) is 18.7 Å². The summed E-state index contributed by atoms with van der Waals surface area (Å²) in [6, 6.07) is 9.45. The maximum absolute atomic E-state index is 6.40. The Morgan fingerprint density at radius 2 is 2.26 bits per heavy atom. The van der Waals surface area contributed by atoms with Gasteiger partial charge in [0.2, 0.25) is 0 Å². The average molecular weight is 262 g/mol. The fraction of sp³-hybridized carbons (Fsp3) is 0.625. The molecule has 1 saturated heterocycles. The number of nitrogens with zero attached hydrogens (tertiary/aromatic N) is 1. The van der Waals surface area contributed by atoms with Gasteiger partial charge in [0.1, 0.15) is 5.75 Å². The molecule has 2 rings (SSSR count). The van der Waals surface area contributed by atoms with Crippen LogP contribution in [0.4, 0.5) is 0 Å². The molecule has 1 aromatic rings. The number of likely N-dealkylation sites (tertiary alicyclic amines) is 1. The van der Waals surface area contributed by atoms with E-state index >= 15 is 0 Å². The number of nitrogens with two attached hydrogens (primary N) is 1. The Morgan fingerprint density at radius 3 is 2.84 bits per heavy atom. The summed E-state index contributed by atoms with van der Waals surface area (Å²) in [5, 5.41) is 0. The van der Waals surface area contributed by atoms with Crippen LogP contribution in [-0.4, -0.2) is 30.6 Å². The van der Waals surface area contributed by atoms with Gasteiger partial charge >= 0.3 is 0 Å². The van der Waals surface area contributed by atoms with Crippen molar-refractivity contribution in [2.45, 2.75) is 51.2 Å². The van der Waals surface area contributed by atoms with Crippen LogP contribution in [0.3, 0.4) is 0 Å². The van der Waals surface area contributed by atoms with Crippen LogP contribution in [0.1, 0.15) is 44.7 Å². The molecule has 1 fully saturated rings. The van der Waals surface area contributed by atoms with Gasteiger partial charge in [-0.15, -0.1) is 0 Å². The lowest BCUT2D eigenvalue weighted by Gasteiger charge is -2.35. The van der Waals surface area contributed by atoms with Crippen LogP contribution in [0.15, 0.2) is 24.3 Å². The summed E-state index contributed by atoms with van der Waals surface area (Å²) in [7, 11) is 1.71. The van der Waals surface area contributed by atoms with Crippen molar-refractivity contribution in [3.8, 4) is 5.75 Å². The van der Waals surface area contributed by atoms with E-state index in [2.05, 4.69) is 36.9 Å². The van der Waals surface area contributed by atoms with Gasteiger partial charge in [0, 0.05) is 12.1 Å². The lowest BCUT2D eigenvalue weighted by Crippen LogP contribution is -2.42. The fourth-order valence-corrected chi connectivity index (χ4v) is 3.10. The van der Waals surface area contributed by atoms with E-state index in [9.17, 15) is 0 Å². The van der Waals surface area contributed by atoms with Gasteiger partial charge in [-0.3, -0.25) is 4.90 Å². The van der Waals surface area contributed by atoms with Gasteiger partial charge in [-0.25, -0.2) is 0 Å². The Bertz CT molecular complexity index is 407. The highest BCUT2D eigenvalue weighted by molar-refractivity contribution is 5.31. The molecule has 1 aliphatic rings. The summed E-state index contributed by atoms with van der Waals surface area (Å²) < 4.78 is 5.35. The molecule has 1 heterocycles. The highest BCUT2D eigenvalue weighted by atomic mass is 16.5. The number of hydrogen-bond acceptors (Lipinski definition) is 3. The van der Waals surface area contributed by atoms with Gasteiger partial charge in [0.05, 0.1) is 13.2 Å². The van der Waals surface area contributed by atoms with Gasteiger partial charge in [-0.2, -0.15) is 0 Å². The quantitative estimate of drug-likeness (QED) is 0.886. The lowest BCUT2D eigenvalue weighted by molar-refractivity contribution is 0.163. The smallest absolute Gasteiger partial charge is 0.119 e. The second kappa shape index (κ2) is 6.40. The Labute approximate surface area is 116 Å². The van der Waals surface area contributed by atoms with Crippen molar-refractivity contribution in [3.05, 3.63) is 29.8 Å². The molecule has 0 saturated carbocycles. The maximum Gasteiger partial charge on any atom is 0.119 e. The molecule has 3 nitrogen and oxygen atoms in total. The summed E-state index contributed by atoms with van der Waals surface area (Å²) in [5.41, 5.74) is 7.68. The number of methoxy groups -OCH3 is 1. The Morgan fingerprint density at radius 1 is 1.47 bits per heavy atom. The first-order chi connectivity index (χ1) is 9.17. The van der Waals surface area contributed by atoms with Crippen LogP contribution in [-0.2, 0) is 0 Å². The van der Waals surface area contributed by atoms with E-state index in [1.165, 1.54) is 18.4 Å². The molecule has 3 heteroatoms. The molecule has 0 aromatic heterocycles. The van der Waals surface area contributed by atoms with Gasteiger partial charge in [0.25, 0.3) is 0 Å². The molecule has 0 radical (unpaired) electrons. The monoisotopic (exact) mass is 262 g/mol. The molecule has 0 spiro atoms. The zero-order valence-electron chi connectivity index (χ0n) is 12.3. The zero-order valence-corrected chi connectivity index (χ0v) is 12.3. The topological polar surface area (TPSA) is 38.5 Å². The third-order valence-corrected chi connectivity index (χ3v) is 4.27. The third-order valence-electron chi connectivity index (χ3n) is 4.27. The summed E-state index contributed by atoms with van der Waals surface area (Å²) in [6.07, 6.45) is 3.54. The first-order valence-electron chi connectivity index (χ1n) is 7.32. The molecule has 2 N–H and O–H groups in total. The van der Waals surface area contributed by atoms with Crippen LogP contribution in [0.2, 0.25) is 0 Å². The van der Waals surface area contributed by atoms with E-state index in [4.69, 9.17) is 10.5 Å². The molecular weight excluding hydrogens is 236 g/mol. The largest absolute Gasteiger partial charge is 0.497 e. The summed E-state index contributed by atoms with van der Waals surface area (Å²) in [4.78, 5) is 2.56. The molecule has 0 amide bonds. The van der Waals surface area contributed by atoms with E-state index in [1.807, 2.05) is 6.07 Å². The zero-order chi connectivity index (χ0) is 13.8. The average Bonchev–Trinajstić information content (AvgIpc) is 2.85. The maximum atomic E-state index is 6.40. The van der Waals surface area contributed by atoms with Crippen LogP contribution < -0.4 is 10.5 Å². The molecule has 106 valence electrons. The number of benzene rings is 1. The van der Waals surface area contributed by atoms with Crippen LogP contribution >= 0.6 is 0 Å². The Balaban J connectivity index is 2.30. The van der Waals surface area contributed by atoms with Crippen molar-refractivity contribution < 1.29 is 4.74 Å². The van der Waals surface area contributed by atoms with E-state index < -0.39 is 0 Å². The second-order valence-electron chi connectivity index (χ2n) is 5.52. The minimum absolute atomic E-state index is 0.174. The molecular formula is C16H26N2O. The first-order valence-corrected chi connectivity index (χ1v) is 7.32.